The fourth-order valence-corrected chi connectivity index (χ4v) is 2.92. The Labute approximate surface area is 84.4 Å². The SMILES string of the molecule is BrCC1CCSC2=NC=CNN21. The Hall–Kier alpha value is -0.160. The van der Waals surface area contributed by atoms with Crippen molar-refractivity contribution in [2.75, 3.05) is 11.1 Å². The van der Waals surface area contributed by atoms with E-state index < -0.39 is 0 Å². The first-order valence-electron chi connectivity index (χ1n) is 3.89. The number of rotatable bonds is 1. The molecule has 3 nitrogen and oxygen atoms in total. The molecule has 1 atom stereocenters. The lowest BCUT2D eigenvalue weighted by Gasteiger charge is -2.37. The molecule has 0 spiro atoms. The van der Waals surface area contributed by atoms with Crippen molar-refractivity contribution in [3.8, 4) is 0 Å². The molecule has 0 aromatic carbocycles. The number of hydrogen-bond donors (Lipinski definition) is 1. The lowest BCUT2D eigenvalue weighted by molar-refractivity contribution is 0.276. The van der Waals surface area contributed by atoms with Gasteiger partial charge in [0.25, 0.3) is 0 Å². The average molecular weight is 248 g/mol. The molecule has 2 aliphatic heterocycles. The van der Waals surface area contributed by atoms with Crippen molar-refractivity contribution in [2.45, 2.75) is 12.5 Å². The van der Waals surface area contributed by atoms with Crippen molar-refractivity contribution in [2.24, 2.45) is 4.99 Å². The third-order valence-electron chi connectivity index (χ3n) is 1.90. The number of halogens is 1. The monoisotopic (exact) mass is 247 g/mol. The van der Waals surface area contributed by atoms with Crippen LogP contribution in [0.3, 0.4) is 0 Å². The molecule has 2 aliphatic rings. The van der Waals surface area contributed by atoms with E-state index in [1.165, 1.54) is 12.2 Å². The molecule has 0 amide bonds. The molecule has 1 saturated heterocycles. The first-order valence-corrected chi connectivity index (χ1v) is 5.99. The van der Waals surface area contributed by atoms with E-state index in [-0.39, 0.29) is 0 Å². The van der Waals surface area contributed by atoms with E-state index in [1.54, 1.807) is 6.20 Å². The number of aliphatic imine (C=N–C) groups is 1. The molecular formula is C7H10BrN3S. The Morgan fingerprint density at radius 1 is 1.83 bits per heavy atom. The van der Waals surface area contributed by atoms with E-state index in [9.17, 15) is 0 Å². The molecule has 2 rings (SSSR count). The highest BCUT2D eigenvalue weighted by Gasteiger charge is 2.26. The number of alkyl halides is 1. The molecular weight excluding hydrogens is 238 g/mol. The van der Waals surface area contributed by atoms with Crippen LogP contribution in [0.2, 0.25) is 0 Å². The second-order valence-corrected chi connectivity index (χ2v) is 4.38. The van der Waals surface area contributed by atoms with Gasteiger partial charge in [-0.05, 0) is 6.42 Å². The van der Waals surface area contributed by atoms with Crippen molar-refractivity contribution < 1.29 is 0 Å². The number of thioether (sulfide) groups is 1. The Morgan fingerprint density at radius 3 is 3.58 bits per heavy atom. The maximum atomic E-state index is 4.29. The van der Waals surface area contributed by atoms with Crippen molar-refractivity contribution in [1.82, 2.24) is 10.4 Å². The molecule has 0 bridgehead atoms. The third kappa shape index (κ3) is 1.47. The minimum atomic E-state index is 0.537. The van der Waals surface area contributed by atoms with Crippen molar-refractivity contribution >= 4 is 32.9 Å². The zero-order valence-corrected chi connectivity index (χ0v) is 8.94. The van der Waals surface area contributed by atoms with Crippen LogP contribution in [-0.4, -0.2) is 27.3 Å². The van der Waals surface area contributed by atoms with Crippen LogP contribution in [0.25, 0.3) is 0 Å². The molecule has 0 aromatic heterocycles. The molecule has 12 heavy (non-hydrogen) atoms. The van der Waals surface area contributed by atoms with Gasteiger partial charge in [0, 0.05) is 23.5 Å². The summed E-state index contributed by atoms with van der Waals surface area (Å²) in [6.45, 7) is 0. The molecule has 0 radical (unpaired) electrons. The summed E-state index contributed by atoms with van der Waals surface area (Å²) in [5.41, 5.74) is 3.19. The maximum Gasteiger partial charge on any atom is 0.182 e. The topological polar surface area (TPSA) is 27.6 Å². The van der Waals surface area contributed by atoms with Gasteiger partial charge >= 0.3 is 0 Å². The number of hydrogen-bond acceptors (Lipinski definition) is 4. The summed E-state index contributed by atoms with van der Waals surface area (Å²) < 4.78 is 0. The molecule has 0 saturated carbocycles. The lowest BCUT2D eigenvalue weighted by Crippen LogP contribution is -2.50. The van der Waals surface area contributed by atoms with Gasteiger partial charge in [-0.15, -0.1) is 0 Å². The van der Waals surface area contributed by atoms with Gasteiger partial charge in [-0.25, -0.2) is 4.99 Å². The van der Waals surface area contributed by atoms with Crippen LogP contribution in [0, 0.1) is 0 Å². The number of nitrogens with one attached hydrogen (secondary N) is 1. The summed E-state index contributed by atoms with van der Waals surface area (Å²) >= 11 is 5.31. The molecule has 5 heteroatoms. The molecule has 1 unspecified atom stereocenters. The Kier molecular flexibility index (Phi) is 2.60. The zero-order valence-electron chi connectivity index (χ0n) is 6.53. The number of fused-ring (bicyclic) bond motifs is 1. The second-order valence-electron chi connectivity index (χ2n) is 2.67. The van der Waals surface area contributed by atoms with Crippen LogP contribution >= 0.6 is 27.7 Å². The van der Waals surface area contributed by atoms with E-state index in [0.29, 0.717) is 6.04 Å². The second kappa shape index (κ2) is 3.70. The van der Waals surface area contributed by atoms with Crippen molar-refractivity contribution in [3.05, 3.63) is 12.4 Å². The van der Waals surface area contributed by atoms with E-state index in [2.05, 4.69) is 31.4 Å². The third-order valence-corrected chi connectivity index (χ3v) is 3.65. The summed E-state index contributed by atoms with van der Waals surface area (Å²) in [5.74, 6) is 1.17. The molecule has 66 valence electrons. The zero-order chi connectivity index (χ0) is 8.39. The standard InChI is InChI=1S/C7H10BrN3S/c8-5-6-1-4-12-7-9-2-3-10-11(6)7/h2-3,6,10H,1,4-5H2. The van der Waals surface area contributed by atoms with Crippen LogP contribution in [0.4, 0.5) is 0 Å². The van der Waals surface area contributed by atoms with Gasteiger partial charge in [0.2, 0.25) is 0 Å². The highest BCUT2D eigenvalue weighted by molar-refractivity contribution is 9.09. The lowest BCUT2D eigenvalue weighted by atomic mass is 10.2. The van der Waals surface area contributed by atoms with Crippen molar-refractivity contribution in [3.63, 3.8) is 0 Å². The average Bonchev–Trinajstić information content (AvgIpc) is 2.17. The Morgan fingerprint density at radius 2 is 2.75 bits per heavy atom. The predicted octanol–water partition coefficient (Wildman–Crippen LogP) is 1.53. The Balaban J connectivity index is 2.14. The quantitative estimate of drug-likeness (QED) is 0.713. The normalized spacial score (nSPS) is 27.6. The highest BCUT2D eigenvalue weighted by Crippen LogP contribution is 2.23. The Bertz CT molecular complexity index is 229. The van der Waals surface area contributed by atoms with Crippen LogP contribution in [0.5, 0.6) is 0 Å². The van der Waals surface area contributed by atoms with Gasteiger partial charge in [0.1, 0.15) is 0 Å². The first-order chi connectivity index (χ1) is 5.92. The summed E-state index contributed by atoms with van der Waals surface area (Å²) in [7, 11) is 0. The minimum Gasteiger partial charge on any atom is -0.302 e. The van der Waals surface area contributed by atoms with Crippen LogP contribution in [0.15, 0.2) is 17.4 Å². The fourth-order valence-electron chi connectivity index (χ4n) is 1.26. The van der Waals surface area contributed by atoms with Gasteiger partial charge in [-0.2, -0.15) is 0 Å². The van der Waals surface area contributed by atoms with Crippen LogP contribution < -0.4 is 5.43 Å². The van der Waals surface area contributed by atoms with E-state index >= 15 is 0 Å². The minimum absolute atomic E-state index is 0.537. The van der Waals surface area contributed by atoms with Gasteiger partial charge in [0.05, 0.1) is 6.04 Å². The summed E-state index contributed by atoms with van der Waals surface area (Å²) in [6.07, 6.45) is 4.87. The number of amidine groups is 1. The molecule has 2 heterocycles. The van der Waals surface area contributed by atoms with Gasteiger partial charge in [-0.1, -0.05) is 27.7 Å². The van der Waals surface area contributed by atoms with E-state index in [4.69, 9.17) is 0 Å². The highest BCUT2D eigenvalue weighted by atomic mass is 79.9. The smallest absolute Gasteiger partial charge is 0.182 e. The van der Waals surface area contributed by atoms with Crippen molar-refractivity contribution in [1.29, 1.82) is 0 Å². The summed E-state index contributed by atoms with van der Waals surface area (Å²) in [5, 5.41) is 4.21. The van der Waals surface area contributed by atoms with E-state index in [0.717, 1.165) is 10.5 Å². The molecule has 0 aromatic rings. The molecule has 0 aliphatic carbocycles. The maximum absolute atomic E-state index is 4.29. The van der Waals surface area contributed by atoms with Gasteiger partial charge in [-0.3, -0.25) is 5.01 Å². The first kappa shape index (κ1) is 8.44. The van der Waals surface area contributed by atoms with E-state index in [1.807, 2.05) is 18.0 Å². The van der Waals surface area contributed by atoms with Gasteiger partial charge in [0.15, 0.2) is 5.17 Å². The summed E-state index contributed by atoms with van der Waals surface area (Å²) in [4.78, 5) is 4.29. The van der Waals surface area contributed by atoms with Crippen LogP contribution in [0.1, 0.15) is 6.42 Å². The largest absolute Gasteiger partial charge is 0.302 e. The summed E-state index contributed by atoms with van der Waals surface area (Å²) in [6, 6.07) is 0.537. The molecule has 1 fully saturated rings. The van der Waals surface area contributed by atoms with Gasteiger partial charge < -0.3 is 5.43 Å². The molecule has 1 N–H and O–H groups in total. The number of nitrogens with zero attached hydrogens (tertiary/aromatic N) is 2. The van der Waals surface area contributed by atoms with Crippen LogP contribution in [-0.2, 0) is 0 Å². The fraction of sp³-hybridized carbons (Fsp3) is 0.571. The number of hydrazine groups is 1. The predicted molar refractivity (Wildman–Crippen MR) is 56.2 cm³/mol.